The maximum absolute atomic E-state index is 13.1. The third kappa shape index (κ3) is 7.33. The molecule has 4 rings (SSSR count). The van der Waals surface area contributed by atoms with Gasteiger partial charge in [-0.05, 0) is 55.0 Å². The Balaban J connectivity index is 1.38. The molecule has 1 fully saturated rings. The fourth-order valence-corrected chi connectivity index (χ4v) is 4.66. The van der Waals surface area contributed by atoms with Gasteiger partial charge in [-0.15, -0.1) is 0 Å². The lowest BCUT2D eigenvalue weighted by Crippen LogP contribution is -2.38. The fourth-order valence-electron chi connectivity index (χ4n) is 4.66. The van der Waals surface area contributed by atoms with Crippen molar-refractivity contribution >= 4 is 12.0 Å². The summed E-state index contributed by atoms with van der Waals surface area (Å²) in [4.78, 5) is 28.0. The normalized spacial score (nSPS) is 17.1. The van der Waals surface area contributed by atoms with Crippen LogP contribution in [0.5, 0.6) is 11.5 Å². The van der Waals surface area contributed by atoms with Crippen molar-refractivity contribution in [2.24, 2.45) is 0 Å². The van der Waals surface area contributed by atoms with Gasteiger partial charge in [-0.25, -0.2) is 9.59 Å². The minimum atomic E-state index is -4.63. The third-order valence-corrected chi connectivity index (χ3v) is 7.20. The van der Waals surface area contributed by atoms with Crippen LogP contribution in [0.2, 0.25) is 0 Å². The fraction of sp³-hybridized carbons (Fsp3) is 0.333. The standard InChI is InChI=1S/C30H28F6N2O5/c1-28(26(39)40,43-25-8-4-6-22(16-25)30(34,35)36)21-5-3-7-24(15-21)42-14-13-23-18-38(27(41)37(23)2)17-19-9-11-20(12-10-19)29(31,32)33/h3-12,15-16,23H,13-14,17-18H2,1-2H3,(H,39,40). The number of amides is 2. The van der Waals surface area contributed by atoms with Crippen LogP contribution in [0, 0.1) is 0 Å². The molecule has 0 spiro atoms. The van der Waals surface area contributed by atoms with Gasteiger partial charge in [-0.3, -0.25) is 0 Å². The quantitative estimate of drug-likeness (QED) is 0.255. The lowest BCUT2D eigenvalue weighted by atomic mass is 9.95. The van der Waals surface area contributed by atoms with Gasteiger partial charge >= 0.3 is 24.4 Å². The van der Waals surface area contributed by atoms with Crippen molar-refractivity contribution in [2.45, 2.75) is 43.9 Å². The summed E-state index contributed by atoms with van der Waals surface area (Å²) in [6.45, 7) is 1.82. The predicted molar refractivity (Wildman–Crippen MR) is 142 cm³/mol. The Hall–Kier alpha value is -4.42. The summed E-state index contributed by atoms with van der Waals surface area (Å²) in [6, 6.07) is 14.0. The SMILES string of the molecule is CN1C(=O)N(Cc2ccc(C(F)(F)F)cc2)CC1CCOc1cccc(C(C)(Oc2cccc(C(F)(F)F)c2)C(=O)O)c1. The number of nitrogens with zero attached hydrogens (tertiary/aromatic N) is 2. The van der Waals surface area contributed by atoms with E-state index in [2.05, 4.69) is 0 Å². The van der Waals surface area contributed by atoms with E-state index >= 15 is 0 Å². The van der Waals surface area contributed by atoms with Gasteiger partial charge in [-0.1, -0.05) is 30.3 Å². The number of benzene rings is 3. The summed E-state index contributed by atoms with van der Waals surface area (Å²) in [5.41, 5.74) is -3.11. The number of aliphatic carboxylic acids is 1. The monoisotopic (exact) mass is 610 g/mol. The van der Waals surface area contributed by atoms with Crippen molar-refractivity contribution in [1.29, 1.82) is 0 Å². The van der Waals surface area contributed by atoms with Gasteiger partial charge in [0.05, 0.1) is 23.8 Å². The van der Waals surface area contributed by atoms with Crippen LogP contribution in [0.15, 0.2) is 72.8 Å². The zero-order chi connectivity index (χ0) is 31.6. The Morgan fingerprint density at radius 1 is 0.884 bits per heavy atom. The number of halogens is 6. The van der Waals surface area contributed by atoms with Crippen LogP contribution >= 0.6 is 0 Å². The number of alkyl halides is 6. The van der Waals surface area contributed by atoms with Gasteiger partial charge in [0.15, 0.2) is 0 Å². The number of urea groups is 1. The van der Waals surface area contributed by atoms with E-state index in [4.69, 9.17) is 9.47 Å². The molecule has 7 nitrogen and oxygen atoms in total. The van der Waals surface area contributed by atoms with E-state index in [1.54, 1.807) is 13.1 Å². The summed E-state index contributed by atoms with van der Waals surface area (Å²) in [6.07, 6.45) is -8.69. The molecule has 0 aromatic heterocycles. The van der Waals surface area contributed by atoms with Crippen LogP contribution in [-0.4, -0.2) is 53.1 Å². The predicted octanol–water partition coefficient (Wildman–Crippen LogP) is 6.81. The van der Waals surface area contributed by atoms with Gasteiger partial charge in [0.25, 0.3) is 0 Å². The maximum Gasteiger partial charge on any atom is 0.416 e. The molecule has 3 aromatic rings. The zero-order valence-corrected chi connectivity index (χ0v) is 23.1. The molecule has 0 bridgehead atoms. The molecule has 2 unspecified atom stereocenters. The van der Waals surface area contributed by atoms with Gasteiger partial charge in [-0.2, -0.15) is 26.3 Å². The molecule has 0 radical (unpaired) electrons. The molecule has 1 aliphatic rings. The average molecular weight is 611 g/mol. The van der Waals surface area contributed by atoms with E-state index in [1.165, 1.54) is 53.1 Å². The molecular weight excluding hydrogens is 582 g/mol. The number of carboxylic acids is 1. The van der Waals surface area contributed by atoms with Crippen LogP contribution < -0.4 is 9.47 Å². The average Bonchev–Trinajstić information content (AvgIpc) is 3.20. The number of carboxylic acid groups (broad SMARTS) is 1. The number of carbonyl (C=O) groups is 2. The highest BCUT2D eigenvalue weighted by atomic mass is 19.4. The van der Waals surface area contributed by atoms with E-state index < -0.39 is 35.0 Å². The Bertz CT molecular complexity index is 1460. The second kappa shape index (κ2) is 12.1. The van der Waals surface area contributed by atoms with Crippen molar-refractivity contribution in [3.05, 3.63) is 95.1 Å². The van der Waals surface area contributed by atoms with Crippen molar-refractivity contribution < 1.29 is 50.5 Å². The molecule has 0 saturated carbocycles. The van der Waals surface area contributed by atoms with E-state index in [0.29, 0.717) is 18.5 Å². The van der Waals surface area contributed by atoms with Gasteiger partial charge in [0.2, 0.25) is 5.60 Å². The zero-order valence-electron chi connectivity index (χ0n) is 23.1. The number of likely N-dealkylation sites (N-methyl/N-ethyl adjacent to an activating group) is 1. The Kier molecular flexibility index (Phi) is 8.84. The number of hydrogen-bond acceptors (Lipinski definition) is 4. The largest absolute Gasteiger partial charge is 0.494 e. The number of ether oxygens (including phenoxy) is 2. The minimum Gasteiger partial charge on any atom is -0.494 e. The molecule has 1 N–H and O–H groups in total. The van der Waals surface area contributed by atoms with Crippen LogP contribution in [-0.2, 0) is 29.3 Å². The van der Waals surface area contributed by atoms with Gasteiger partial charge in [0, 0.05) is 32.1 Å². The van der Waals surface area contributed by atoms with Gasteiger partial charge in [0.1, 0.15) is 11.5 Å². The molecule has 0 aliphatic carbocycles. The third-order valence-electron chi connectivity index (χ3n) is 7.20. The van der Waals surface area contributed by atoms with Crippen molar-refractivity contribution in [1.82, 2.24) is 9.80 Å². The molecule has 2 amide bonds. The van der Waals surface area contributed by atoms with Crippen molar-refractivity contribution in [2.75, 3.05) is 20.2 Å². The minimum absolute atomic E-state index is 0.130. The summed E-state index contributed by atoms with van der Waals surface area (Å²) in [7, 11) is 1.61. The van der Waals surface area contributed by atoms with E-state index in [1.807, 2.05) is 0 Å². The van der Waals surface area contributed by atoms with Crippen LogP contribution in [0.25, 0.3) is 0 Å². The first-order valence-electron chi connectivity index (χ1n) is 13.1. The first-order valence-corrected chi connectivity index (χ1v) is 13.1. The Labute approximate surface area is 243 Å². The number of carbonyl (C=O) groups excluding carboxylic acids is 1. The van der Waals surface area contributed by atoms with Crippen LogP contribution in [0.1, 0.15) is 35.6 Å². The summed E-state index contributed by atoms with van der Waals surface area (Å²) < 4.78 is 89.3. The number of hydrogen-bond donors (Lipinski definition) is 1. The molecule has 1 heterocycles. The first kappa shape index (κ1) is 31.5. The van der Waals surface area contributed by atoms with E-state index in [9.17, 15) is 41.0 Å². The Morgan fingerprint density at radius 3 is 2.07 bits per heavy atom. The number of rotatable bonds is 10. The second-order valence-corrected chi connectivity index (χ2v) is 10.3. The molecule has 13 heteroatoms. The molecule has 1 aliphatic heterocycles. The van der Waals surface area contributed by atoms with Crippen molar-refractivity contribution in [3.63, 3.8) is 0 Å². The summed E-state index contributed by atoms with van der Waals surface area (Å²) in [5.74, 6) is -1.42. The van der Waals surface area contributed by atoms with E-state index in [-0.39, 0.29) is 42.3 Å². The molecule has 230 valence electrons. The van der Waals surface area contributed by atoms with Gasteiger partial charge < -0.3 is 24.4 Å². The molecule has 43 heavy (non-hydrogen) atoms. The summed E-state index contributed by atoms with van der Waals surface area (Å²) >= 11 is 0. The maximum atomic E-state index is 13.1. The lowest BCUT2D eigenvalue weighted by molar-refractivity contribution is -0.154. The highest BCUT2D eigenvalue weighted by Crippen LogP contribution is 2.35. The van der Waals surface area contributed by atoms with E-state index in [0.717, 1.165) is 30.3 Å². The van der Waals surface area contributed by atoms with Crippen LogP contribution in [0.4, 0.5) is 31.1 Å². The van der Waals surface area contributed by atoms with Crippen molar-refractivity contribution in [3.8, 4) is 11.5 Å². The highest BCUT2D eigenvalue weighted by Gasteiger charge is 2.39. The summed E-state index contributed by atoms with van der Waals surface area (Å²) in [5, 5.41) is 9.94. The first-order chi connectivity index (χ1) is 20.1. The smallest absolute Gasteiger partial charge is 0.416 e. The molecule has 2 atom stereocenters. The molecular formula is C30H28F6N2O5. The second-order valence-electron chi connectivity index (χ2n) is 10.3. The molecule has 1 saturated heterocycles. The lowest BCUT2D eigenvalue weighted by Gasteiger charge is -2.27. The highest BCUT2D eigenvalue weighted by molar-refractivity contribution is 5.79. The topological polar surface area (TPSA) is 79.3 Å². The van der Waals surface area contributed by atoms with Crippen LogP contribution in [0.3, 0.4) is 0 Å². The molecule has 3 aromatic carbocycles. The Morgan fingerprint density at radius 2 is 1.47 bits per heavy atom.